The van der Waals surface area contributed by atoms with E-state index in [0.717, 1.165) is 5.56 Å². The molecule has 142 valence electrons. The lowest BCUT2D eigenvalue weighted by Gasteiger charge is -2.33. The van der Waals surface area contributed by atoms with Gasteiger partial charge in [-0.05, 0) is 11.5 Å². The summed E-state index contributed by atoms with van der Waals surface area (Å²) in [7, 11) is 0. The van der Waals surface area contributed by atoms with Gasteiger partial charge in [-0.25, -0.2) is 0 Å². The molecule has 1 atom stereocenters. The van der Waals surface area contributed by atoms with Crippen molar-refractivity contribution in [1.29, 1.82) is 0 Å². The molecular weight excluding hydrogens is 334 g/mol. The number of ether oxygens (including phenoxy) is 1. The first-order chi connectivity index (χ1) is 12.5. The van der Waals surface area contributed by atoms with Crippen LogP contribution in [0.2, 0.25) is 0 Å². The summed E-state index contributed by atoms with van der Waals surface area (Å²) >= 11 is 0. The van der Waals surface area contributed by atoms with E-state index in [0.29, 0.717) is 26.2 Å². The van der Waals surface area contributed by atoms with Crippen LogP contribution >= 0.6 is 0 Å². The van der Waals surface area contributed by atoms with E-state index in [2.05, 4.69) is 10.6 Å². The minimum absolute atomic E-state index is 0.0511. The Morgan fingerprint density at radius 3 is 2.73 bits per heavy atom. The predicted molar refractivity (Wildman–Crippen MR) is 97.1 cm³/mol. The number of hydrogen-bond acceptors (Lipinski definition) is 5. The van der Waals surface area contributed by atoms with Gasteiger partial charge in [-0.15, -0.1) is 0 Å². The van der Waals surface area contributed by atoms with E-state index in [1.54, 1.807) is 4.90 Å². The molecule has 0 bridgehead atoms. The number of rotatable bonds is 8. The zero-order valence-corrected chi connectivity index (χ0v) is 15.4. The van der Waals surface area contributed by atoms with Crippen LogP contribution in [0.1, 0.15) is 25.8 Å². The summed E-state index contributed by atoms with van der Waals surface area (Å²) in [6, 6.07) is 8.93. The number of carbonyl (C=O) groups is 3. The third kappa shape index (κ3) is 6.48. The van der Waals surface area contributed by atoms with Crippen LogP contribution in [0.3, 0.4) is 0 Å². The first kappa shape index (κ1) is 19.9. The lowest BCUT2D eigenvalue weighted by Crippen LogP contribution is -2.58. The molecule has 0 radical (unpaired) electrons. The van der Waals surface area contributed by atoms with Gasteiger partial charge in [-0.2, -0.15) is 0 Å². The van der Waals surface area contributed by atoms with Crippen molar-refractivity contribution >= 4 is 17.8 Å². The highest BCUT2D eigenvalue weighted by Crippen LogP contribution is 2.10. The normalized spacial score (nSPS) is 17.7. The second-order valence-corrected chi connectivity index (χ2v) is 6.82. The molecule has 2 rings (SSSR count). The molecule has 0 aliphatic carbocycles. The topological polar surface area (TPSA) is 87.7 Å². The highest BCUT2D eigenvalue weighted by molar-refractivity contribution is 5.88. The van der Waals surface area contributed by atoms with Gasteiger partial charge < -0.3 is 15.4 Å². The Labute approximate surface area is 154 Å². The number of esters is 1. The van der Waals surface area contributed by atoms with E-state index < -0.39 is 12.0 Å². The number of nitrogens with one attached hydrogen (secondary N) is 2. The zero-order valence-electron chi connectivity index (χ0n) is 15.4. The molecule has 1 aliphatic rings. The fourth-order valence-corrected chi connectivity index (χ4v) is 2.69. The Morgan fingerprint density at radius 1 is 1.31 bits per heavy atom. The van der Waals surface area contributed by atoms with Gasteiger partial charge in [-0.1, -0.05) is 44.2 Å². The smallest absolute Gasteiger partial charge is 0.307 e. The van der Waals surface area contributed by atoms with Crippen molar-refractivity contribution in [2.75, 3.05) is 26.2 Å². The summed E-state index contributed by atoms with van der Waals surface area (Å²) in [5.41, 5.74) is 1.01. The van der Waals surface area contributed by atoms with Crippen molar-refractivity contribution in [3.63, 3.8) is 0 Å². The summed E-state index contributed by atoms with van der Waals surface area (Å²) in [5.74, 6) is -0.604. The van der Waals surface area contributed by atoms with Crippen molar-refractivity contribution in [2.45, 2.75) is 32.9 Å². The minimum atomic E-state index is -0.675. The van der Waals surface area contributed by atoms with Gasteiger partial charge in [0, 0.05) is 19.6 Å². The minimum Gasteiger partial charge on any atom is -0.465 e. The fourth-order valence-electron chi connectivity index (χ4n) is 2.69. The van der Waals surface area contributed by atoms with Crippen LogP contribution < -0.4 is 10.6 Å². The second-order valence-electron chi connectivity index (χ2n) is 6.82. The highest BCUT2D eigenvalue weighted by atomic mass is 16.5. The van der Waals surface area contributed by atoms with Crippen LogP contribution in [-0.4, -0.2) is 55.0 Å². The monoisotopic (exact) mass is 361 g/mol. The zero-order chi connectivity index (χ0) is 18.9. The molecule has 2 amide bonds. The lowest BCUT2D eigenvalue weighted by molar-refractivity contribution is -0.150. The van der Waals surface area contributed by atoms with Gasteiger partial charge in [-0.3, -0.25) is 19.3 Å². The SMILES string of the molecule is CC(C)COC(=O)CC1C(=O)NCCN1CC(=O)NCc1ccccc1. The Balaban J connectivity index is 1.86. The van der Waals surface area contributed by atoms with Crippen molar-refractivity contribution in [2.24, 2.45) is 5.92 Å². The van der Waals surface area contributed by atoms with Crippen molar-refractivity contribution in [3.05, 3.63) is 35.9 Å². The first-order valence-corrected chi connectivity index (χ1v) is 8.93. The van der Waals surface area contributed by atoms with Crippen LogP contribution in [0, 0.1) is 5.92 Å². The van der Waals surface area contributed by atoms with Crippen molar-refractivity contribution < 1.29 is 19.1 Å². The van der Waals surface area contributed by atoms with Gasteiger partial charge in [0.25, 0.3) is 0 Å². The maximum Gasteiger partial charge on any atom is 0.307 e. The van der Waals surface area contributed by atoms with E-state index in [1.807, 2.05) is 44.2 Å². The number of benzene rings is 1. The molecule has 1 fully saturated rings. The quantitative estimate of drug-likeness (QED) is 0.665. The van der Waals surface area contributed by atoms with Gasteiger partial charge in [0.1, 0.15) is 6.04 Å². The molecule has 1 aromatic carbocycles. The van der Waals surface area contributed by atoms with Crippen LogP contribution in [0.4, 0.5) is 0 Å². The second kappa shape index (κ2) is 9.91. The van der Waals surface area contributed by atoms with E-state index in [4.69, 9.17) is 4.74 Å². The van der Waals surface area contributed by atoms with Crippen LogP contribution in [-0.2, 0) is 25.7 Å². The molecule has 2 N–H and O–H groups in total. The van der Waals surface area contributed by atoms with E-state index in [9.17, 15) is 14.4 Å². The molecular formula is C19H27N3O4. The van der Waals surface area contributed by atoms with Gasteiger partial charge in [0.05, 0.1) is 19.6 Å². The Bertz CT molecular complexity index is 618. The van der Waals surface area contributed by atoms with Gasteiger partial charge in [0.15, 0.2) is 0 Å². The Hall–Kier alpha value is -2.41. The summed E-state index contributed by atoms with van der Waals surface area (Å²) in [6.07, 6.45) is -0.0511. The van der Waals surface area contributed by atoms with Gasteiger partial charge in [0.2, 0.25) is 11.8 Å². The van der Waals surface area contributed by atoms with E-state index >= 15 is 0 Å². The molecule has 1 saturated heterocycles. The molecule has 1 aromatic rings. The summed E-state index contributed by atoms with van der Waals surface area (Å²) in [4.78, 5) is 38.1. The first-order valence-electron chi connectivity index (χ1n) is 8.93. The number of hydrogen-bond donors (Lipinski definition) is 2. The average molecular weight is 361 g/mol. The number of nitrogens with zero attached hydrogens (tertiary/aromatic N) is 1. The standard InChI is InChI=1S/C19H27N3O4/c1-14(2)13-26-18(24)10-16-19(25)20-8-9-22(16)12-17(23)21-11-15-6-4-3-5-7-15/h3-7,14,16H,8-13H2,1-2H3,(H,20,25)(H,21,23). The molecule has 0 aromatic heterocycles. The van der Waals surface area contributed by atoms with E-state index in [-0.39, 0.29) is 30.7 Å². The summed E-state index contributed by atoms with van der Waals surface area (Å²) in [6.45, 7) is 5.71. The number of amides is 2. The molecule has 1 heterocycles. The number of carbonyl (C=O) groups excluding carboxylic acids is 3. The van der Waals surface area contributed by atoms with Crippen LogP contribution in [0.5, 0.6) is 0 Å². The largest absolute Gasteiger partial charge is 0.465 e. The van der Waals surface area contributed by atoms with Crippen LogP contribution in [0.15, 0.2) is 30.3 Å². The molecule has 7 heteroatoms. The Kier molecular flexibility index (Phi) is 7.59. The number of piperazine rings is 1. The molecule has 26 heavy (non-hydrogen) atoms. The summed E-state index contributed by atoms with van der Waals surface area (Å²) in [5, 5.41) is 5.59. The maximum atomic E-state index is 12.2. The van der Waals surface area contributed by atoms with Crippen LogP contribution in [0.25, 0.3) is 0 Å². The molecule has 0 spiro atoms. The maximum absolute atomic E-state index is 12.2. The predicted octanol–water partition coefficient (Wildman–Crippen LogP) is 0.693. The molecule has 1 unspecified atom stereocenters. The lowest BCUT2D eigenvalue weighted by atomic mass is 10.1. The van der Waals surface area contributed by atoms with E-state index in [1.165, 1.54) is 0 Å². The molecule has 7 nitrogen and oxygen atoms in total. The highest BCUT2D eigenvalue weighted by Gasteiger charge is 2.33. The molecule has 1 aliphatic heterocycles. The average Bonchev–Trinajstić information content (AvgIpc) is 2.62. The Morgan fingerprint density at radius 2 is 2.04 bits per heavy atom. The van der Waals surface area contributed by atoms with Crippen molar-refractivity contribution in [3.8, 4) is 0 Å². The van der Waals surface area contributed by atoms with Crippen molar-refractivity contribution in [1.82, 2.24) is 15.5 Å². The fraction of sp³-hybridized carbons (Fsp3) is 0.526. The van der Waals surface area contributed by atoms with Gasteiger partial charge >= 0.3 is 5.97 Å². The summed E-state index contributed by atoms with van der Waals surface area (Å²) < 4.78 is 5.17. The third-order valence-corrected chi connectivity index (χ3v) is 4.06. The molecule has 0 saturated carbocycles. The third-order valence-electron chi connectivity index (χ3n) is 4.06.